The first-order chi connectivity index (χ1) is 13.2. The van der Waals surface area contributed by atoms with E-state index in [9.17, 15) is 9.59 Å². The Bertz CT molecular complexity index is 704. The molecule has 0 spiro atoms. The molecule has 4 rings (SSSR count). The molecule has 2 amide bonds. The van der Waals surface area contributed by atoms with E-state index in [-0.39, 0.29) is 11.8 Å². The Labute approximate surface area is 161 Å². The van der Waals surface area contributed by atoms with Gasteiger partial charge in [-0.1, -0.05) is 24.3 Å². The van der Waals surface area contributed by atoms with E-state index in [1.807, 2.05) is 35.2 Å². The lowest BCUT2D eigenvalue weighted by Crippen LogP contribution is -2.51. The highest BCUT2D eigenvalue weighted by molar-refractivity contribution is 5.94. The second-order valence-electron chi connectivity index (χ2n) is 7.87. The molecule has 1 saturated heterocycles. The van der Waals surface area contributed by atoms with Gasteiger partial charge in [0, 0.05) is 43.5 Å². The Morgan fingerprint density at radius 1 is 1.00 bits per heavy atom. The highest BCUT2D eigenvalue weighted by Crippen LogP contribution is 2.33. The second kappa shape index (κ2) is 8.26. The average Bonchev–Trinajstić information content (AvgIpc) is 3.55. The summed E-state index contributed by atoms with van der Waals surface area (Å²) in [4.78, 5) is 31.8. The number of allylic oxidation sites excluding steroid dienone is 2. The summed E-state index contributed by atoms with van der Waals surface area (Å²) in [5.74, 6) is 0.335. The van der Waals surface area contributed by atoms with Crippen molar-refractivity contribution in [3.8, 4) is 0 Å². The van der Waals surface area contributed by atoms with Crippen molar-refractivity contribution in [1.82, 2.24) is 14.7 Å². The molecule has 0 bridgehead atoms. The van der Waals surface area contributed by atoms with Crippen molar-refractivity contribution >= 4 is 11.8 Å². The fraction of sp³-hybridized carbons (Fsp3) is 0.545. The first-order valence-electron chi connectivity index (χ1n) is 10.3. The van der Waals surface area contributed by atoms with E-state index in [0.717, 1.165) is 44.3 Å². The van der Waals surface area contributed by atoms with E-state index in [1.165, 1.54) is 18.5 Å². The van der Waals surface area contributed by atoms with Crippen molar-refractivity contribution in [1.29, 1.82) is 0 Å². The smallest absolute Gasteiger partial charge is 0.253 e. The van der Waals surface area contributed by atoms with Crippen molar-refractivity contribution < 1.29 is 9.59 Å². The van der Waals surface area contributed by atoms with Crippen LogP contribution in [0.25, 0.3) is 0 Å². The largest absolute Gasteiger partial charge is 0.336 e. The summed E-state index contributed by atoms with van der Waals surface area (Å²) in [6.45, 7) is 3.38. The lowest BCUT2D eigenvalue weighted by molar-refractivity contribution is -0.131. The molecule has 0 aromatic heterocycles. The minimum atomic E-state index is 0.0912. The molecule has 0 radical (unpaired) electrons. The predicted molar refractivity (Wildman–Crippen MR) is 105 cm³/mol. The quantitative estimate of drug-likeness (QED) is 0.804. The van der Waals surface area contributed by atoms with Crippen LogP contribution in [0.15, 0.2) is 42.1 Å². The third-order valence-electron chi connectivity index (χ3n) is 5.80. The second-order valence-corrected chi connectivity index (χ2v) is 7.87. The Hall–Kier alpha value is -2.14. The van der Waals surface area contributed by atoms with Gasteiger partial charge in [-0.25, -0.2) is 0 Å². The fourth-order valence-corrected chi connectivity index (χ4v) is 4.11. The molecule has 1 aromatic rings. The standard InChI is InChI=1S/C22H29N3O2/c26-21(25(20-11-12-20)19-9-5-2-6-10-19)17-23-13-15-24(16-14-23)22(27)18-7-3-1-4-8-18/h1,3-4,7-9,20H,2,5-6,10-17H2. The average molecular weight is 367 g/mol. The van der Waals surface area contributed by atoms with E-state index >= 15 is 0 Å². The molecule has 5 heteroatoms. The van der Waals surface area contributed by atoms with Crippen LogP contribution in [0.2, 0.25) is 0 Å². The van der Waals surface area contributed by atoms with Gasteiger partial charge in [0.25, 0.3) is 5.91 Å². The van der Waals surface area contributed by atoms with Crippen LogP contribution in [0.4, 0.5) is 0 Å². The van der Waals surface area contributed by atoms with Crippen LogP contribution >= 0.6 is 0 Å². The molecule has 27 heavy (non-hydrogen) atoms. The molecule has 1 heterocycles. The van der Waals surface area contributed by atoms with Crippen LogP contribution in [-0.4, -0.2) is 65.3 Å². The molecular weight excluding hydrogens is 338 g/mol. The molecule has 1 aliphatic heterocycles. The van der Waals surface area contributed by atoms with Gasteiger partial charge in [-0.3, -0.25) is 14.5 Å². The van der Waals surface area contributed by atoms with Gasteiger partial charge in [-0.05, 0) is 50.7 Å². The van der Waals surface area contributed by atoms with Crippen molar-refractivity contribution in [2.24, 2.45) is 0 Å². The molecule has 1 aromatic carbocycles. The topological polar surface area (TPSA) is 43.9 Å². The van der Waals surface area contributed by atoms with Crippen LogP contribution in [0, 0.1) is 0 Å². The van der Waals surface area contributed by atoms with Crippen molar-refractivity contribution in [3.63, 3.8) is 0 Å². The lowest BCUT2D eigenvalue weighted by Gasteiger charge is -2.36. The molecule has 0 unspecified atom stereocenters. The molecule has 5 nitrogen and oxygen atoms in total. The Morgan fingerprint density at radius 3 is 2.37 bits per heavy atom. The summed E-state index contributed by atoms with van der Waals surface area (Å²) in [5, 5.41) is 0. The first-order valence-corrected chi connectivity index (χ1v) is 10.3. The number of hydrogen-bond donors (Lipinski definition) is 0. The number of nitrogens with zero attached hydrogens (tertiary/aromatic N) is 3. The normalized spacial score (nSPS) is 20.9. The zero-order chi connectivity index (χ0) is 18.6. The van der Waals surface area contributed by atoms with E-state index < -0.39 is 0 Å². The third kappa shape index (κ3) is 4.41. The van der Waals surface area contributed by atoms with E-state index in [4.69, 9.17) is 0 Å². The van der Waals surface area contributed by atoms with Gasteiger partial charge >= 0.3 is 0 Å². The number of rotatable bonds is 5. The van der Waals surface area contributed by atoms with Gasteiger partial charge in [-0.2, -0.15) is 0 Å². The van der Waals surface area contributed by atoms with Crippen LogP contribution in [0.1, 0.15) is 48.9 Å². The number of carbonyl (C=O) groups excluding carboxylic acids is 2. The monoisotopic (exact) mass is 367 g/mol. The summed E-state index contributed by atoms with van der Waals surface area (Å²) in [5.41, 5.74) is 2.00. The summed E-state index contributed by atoms with van der Waals surface area (Å²) in [6, 6.07) is 9.88. The molecule has 3 aliphatic rings. The van der Waals surface area contributed by atoms with Gasteiger partial charge in [-0.15, -0.1) is 0 Å². The number of carbonyl (C=O) groups is 2. The highest BCUT2D eigenvalue weighted by atomic mass is 16.2. The summed E-state index contributed by atoms with van der Waals surface area (Å²) < 4.78 is 0. The highest BCUT2D eigenvalue weighted by Gasteiger charge is 2.36. The van der Waals surface area contributed by atoms with Crippen LogP contribution < -0.4 is 0 Å². The van der Waals surface area contributed by atoms with E-state index in [2.05, 4.69) is 15.9 Å². The first kappa shape index (κ1) is 18.2. The summed E-state index contributed by atoms with van der Waals surface area (Å²) >= 11 is 0. The predicted octanol–water partition coefficient (Wildman–Crippen LogP) is 2.89. The zero-order valence-corrected chi connectivity index (χ0v) is 16.0. The van der Waals surface area contributed by atoms with Crippen molar-refractivity contribution in [3.05, 3.63) is 47.7 Å². The van der Waals surface area contributed by atoms with E-state index in [0.29, 0.717) is 25.7 Å². The van der Waals surface area contributed by atoms with E-state index in [1.54, 1.807) is 0 Å². The maximum absolute atomic E-state index is 13.0. The molecule has 2 fully saturated rings. The minimum Gasteiger partial charge on any atom is -0.336 e. The number of benzene rings is 1. The van der Waals surface area contributed by atoms with Crippen molar-refractivity contribution in [2.75, 3.05) is 32.7 Å². The van der Waals surface area contributed by atoms with Crippen molar-refractivity contribution in [2.45, 2.75) is 44.6 Å². The number of hydrogen-bond acceptors (Lipinski definition) is 3. The maximum atomic E-state index is 13.0. The molecule has 2 aliphatic carbocycles. The van der Waals surface area contributed by atoms with Gasteiger partial charge in [0.1, 0.15) is 0 Å². The lowest BCUT2D eigenvalue weighted by atomic mass is 10.0. The Kier molecular flexibility index (Phi) is 5.58. The zero-order valence-electron chi connectivity index (χ0n) is 16.0. The third-order valence-corrected chi connectivity index (χ3v) is 5.80. The van der Waals surface area contributed by atoms with Crippen LogP contribution in [0.3, 0.4) is 0 Å². The Balaban J connectivity index is 1.31. The molecule has 0 atom stereocenters. The molecule has 0 N–H and O–H groups in total. The van der Waals surface area contributed by atoms with Crippen LogP contribution in [-0.2, 0) is 4.79 Å². The van der Waals surface area contributed by atoms with Gasteiger partial charge < -0.3 is 9.80 Å². The molecule has 144 valence electrons. The summed E-state index contributed by atoms with van der Waals surface area (Å²) in [6.07, 6.45) is 9.14. The minimum absolute atomic E-state index is 0.0912. The Morgan fingerprint density at radius 2 is 1.74 bits per heavy atom. The molecule has 1 saturated carbocycles. The fourth-order valence-electron chi connectivity index (χ4n) is 4.11. The van der Waals surface area contributed by atoms with Gasteiger partial charge in [0.15, 0.2) is 0 Å². The molecular formula is C22H29N3O2. The van der Waals surface area contributed by atoms with Gasteiger partial charge in [0.2, 0.25) is 5.91 Å². The van der Waals surface area contributed by atoms with Gasteiger partial charge in [0.05, 0.1) is 6.54 Å². The SMILES string of the molecule is O=C(c1ccccc1)N1CCN(CC(=O)N(C2=CCCCC2)C2CC2)CC1. The summed E-state index contributed by atoms with van der Waals surface area (Å²) in [7, 11) is 0. The number of amides is 2. The maximum Gasteiger partial charge on any atom is 0.253 e. The van der Waals surface area contributed by atoms with Crippen LogP contribution in [0.5, 0.6) is 0 Å². The number of piperazine rings is 1.